The van der Waals surface area contributed by atoms with Crippen LogP contribution in [0.4, 0.5) is 11.4 Å². The standard InChI is InChI=1S/C22H18N2O5/c1-3-9-24-16-10-14(7-8-18(16)28-12-20(24)26)23-22(27)19-11-17(25)15-6-4-5-13(2)21(15)29-19/h3-8,10-11H,1,9,12H2,2H3,(H,23,27). The van der Waals surface area contributed by atoms with Gasteiger partial charge in [0.1, 0.15) is 11.3 Å². The fraction of sp³-hybridized carbons (Fsp3) is 0.136. The number of hydrogen-bond donors (Lipinski definition) is 1. The molecule has 3 aromatic rings. The average molecular weight is 390 g/mol. The van der Waals surface area contributed by atoms with Crippen LogP contribution in [0.3, 0.4) is 0 Å². The Kier molecular flexibility index (Phi) is 4.64. The largest absolute Gasteiger partial charge is 0.482 e. The molecule has 0 aliphatic carbocycles. The lowest BCUT2D eigenvalue weighted by Crippen LogP contribution is -2.38. The molecule has 2 amide bonds. The van der Waals surface area contributed by atoms with Crippen molar-refractivity contribution in [3.63, 3.8) is 0 Å². The number of nitrogens with zero attached hydrogens (tertiary/aromatic N) is 1. The van der Waals surface area contributed by atoms with Crippen LogP contribution in [0.15, 0.2) is 64.3 Å². The minimum absolute atomic E-state index is 0.0475. The van der Waals surface area contributed by atoms with Crippen molar-refractivity contribution < 1.29 is 18.7 Å². The lowest BCUT2D eigenvalue weighted by molar-refractivity contribution is -0.121. The molecular weight excluding hydrogens is 372 g/mol. The zero-order valence-corrected chi connectivity index (χ0v) is 15.7. The number of carbonyl (C=O) groups is 2. The maximum Gasteiger partial charge on any atom is 0.291 e. The second-order valence-corrected chi connectivity index (χ2v) is 6.64. The minimum atomic E-state index is -0.564. The number of ether oxygens (including phenoxy) is 1. The molecule has 0 saturated heterocycles. The molecular formula is C22H18N2O5. The Bertz CT molecular complexity index is 1210. The van der Waals surface area contributed by atoms with E-state index in [1.807, 2.05) is 13.0 Å². The molecule has 1 aliphatic rings. The highest BCUT2D eigenvalue weighted by molar-refractivity contribution is 6.04. The van der Waals surface area contributed by atoms with Gasteiger partial charge in [0, 0.05) is 18.3 Å². The van der Waals surface area contributed by atoms with Crippen molar-refractivity contribution in [1.29, 1.82) is 0 Å². The molecule has 2 heterocycles. The molecule has 146 valence electrons. The lowest BCUT2D eigenvalue weighted by atomic mass is 10.1. The number of fused-ring (bicyclic) bond motifs is 2. The van der Waals surface area contributed by atoms with Gasteiger partial charge in [-0.2, -0.15) is 0 Å². The van der Waals surface area contributed by atoms with E-state index in [2.05, 4.69) is 11.9 Å². The van der Waals surface area contributed by atoms with Gasteiger partial charge in [0.15, 0.2) is 17.8 Å². The van der Waals surface area contributed by atoms with E-state index in [-0.39, 0.29) is 23.7 Å². The van der Waals surface area contributed by atoms with Gasteiger partial charge in [-0.1, -0.05) is 18.2 Å². The number of nitrogens with one attached hydrogen (secondary N) is 1. The lowest BCUT2D eigenvalue weighted by Gasteiger charge is -2.28. The number of hydrogen-bond acceptors (Lipinski definition) is 5. The molecule has 0 unspecified atom stereocenters. The van der Waals surface area contributed by atoms with Crippen LogP contribution in [0, 0.1) is 6.92 Å². The Hall–Kier alpha value is -3.87. The molecule has 2 aromatic carbocycles. The maximum atomic E-state index is 12.7. The van der Waals surface area contributed by atoms with E-state index in [9.17, 15) is 14.4 Å². The third kappa shape index (κ3) is 3.38. The molecule has 7 heteroatoms. The fourth-order valence-corrected chi connectivity index (χ4v) is 3.23. The summed E-state index contributed by atoms with van der Waals surface area (Å²) in [5.41, 5.74) is 1.83. The Labute approximate surface area is 166 Å². The number of anilines is 2. The molecule has 1 N–H and O–H groups in total. The Morgan fingerprint density at radius 3 is 2.86 bits per heavy atom. The molecule has 0 radical (unpaired) electrons. The first-order valence-corrected chi connectivity index (χ1v) is 9.01. The molecule has 0 atom stereocenters. The van der Waals surface area contributed by atoms with E-state index in [0.717, 1.165) is 5.56 Å². The number of rotatable bonds is 4. The summed E-state index contributed by atoms with van der Waals surface area (Å²) in [5.74, 6) is -0.315. The van der Waals surface area contributed by atoms with Gasteiger partial charge in [0.05, 0.1) is 11.1 Å². The quantitative estimate of drug-likeness (QED) is 0.691. The van der Waals surface area contributed by atoms with Crippen molar-refractivity contribution in [3.05, 3.63) is 76.7 Å². The van der Waals surface area contributed by atoms with Crippen molar-refractivity contribution in [2.75, 3.05) is 23.4 Å². The van der Waals surface area contributed by atoms with E-state index in [4.69, 9.17) is 9.15 Å². The minimum Gasteiger partial charge on any atom is -0.482 e. The van der Waals surface area contributed by atoms with Crippen LogP contribution in [-0.2, 0) is 4.79 Å². The van der Waals surface area contributed by atoms with Crippen LogP contribution in [0.1, 0.15) is 16.1 Å². The van der Waals surface area contributed by atoms with E-state index in [1.165, 1.54) is 11.0 Å². The van der Waals surface area contributed by atoms with Crippen molar-refractivity contribution in [2.45, 2.75) is 6.92 Å². The van der Waals surface area contributed by atoms with Crippen LogP contribution in [0.25, 0.3) is 11.0 Å². The summed E-state index contributed by atoms with van der Waals surface area (Å²) in [4.78, 5) is 38.7. The molecule has 0 saturated carbocycles. The Morgan fingerprint density at radius 2 is 2.07 bits per heavy atom. The summed E-state index contributed by atoms with van der Waals surface area (Å²) in [6, 6.07) is 11.4. The Balaban J connectivity index is 1.67. The smallest absolute Gasteiger partial charge is 0.291 e. The normalized spacial score (nSPS) is 13.0. The third-order valence-corrected chi connectivity index (χ3v) is 4.65. The molecule has 7 nitrogen and oxygen atoms in total. The maximum absolute atomic E-state index is 12.7. The van der Waals surface area contributed by atoms with E-state index >= 15 is 0 Å². The zero-order valence-electron chi connectivity index (χ0n) is 15.7. The van der Waals surface area contributed by atoms with Crippen molar-refractivity contribution in [3.8, 4) is 5.75 Å². The van der Waals surface area contributed by atoms with Gasteiger partial charge in [-0.05, 0) is 36.8 Å². The first-order chi connectivity index (χ1) is 14.0. The van der Waals surface area contributed by atoms with Gasteiger partial charge >= 0.3 is 0 Å². The van der Waals surface area contributed by atoms with Crippen LogP contribution in [0.2, 0.25) is 0 Å². The summed E-state index contributed by atoms with van der Waals surface area (Å²) in [7, 11) is 0. The highest BCUT2D eigenvalue weighted by Crippen LogP contribution is 2.34. The van der Waals surface area contributed by atoms with E-state index < -0.39 is 5.91 Å². The van der Waals surface area contributed by atoms with Gasteiger partial charge in [0.2, 0.25) is 0 Å². The predicted molar refractivity (Wildman–Crippen MR) is 110 cm³/mol. The van der Waals surface area contributed by atoms with Crippen molar-refractivity contribution in [2.24, 2.45) is 0 Å². The zero-order chi connectivity index (χ0) is 20.5. The first-order valence-electron chi connectivity index (χ1n) is 9.01. The molecule has 1 aliphatic heterocycles. The highest BCUT2D eigenvalue weighted by Gasteiger charge is 2.25. The summed E-state index contributed by atoms with van der Waals surface area (Å²) in [6.45, 7) is 5.75. The predicted octanol–water partition coefficient (Wildman–Crippen LogP) is 3.27. The molecule has 29 heavy (non-hydrogen) atoms. The van der Waals surface area contributed by atoms with Gasteiger partial charge < -0.3 is 19.4 Å². The first kappa shape index (κ1) is 18.5. The van der Waals surface area contributed by atoms with Gasteiger partial charge in [-0.25, -0.2) is 0 Å². The monoisotopic (exact) mass is 390 g/mol. The molecule has 0 fully saturated rings. The summed E-state index contributed by atoms with van der Waals surface area (Å²) < 4.78 is 11.1. The van der Waals surface area contributed by atoms with Crippen LogP contribution in [-0.4, -0.2) is 25.0 Å². The van der Waals surface area contributed by atoms with Crippen LogP contribution >= 0.6 is 0 Å². The Morgan fingerprint density at radius 1 is 1.24 bits per heavy atom. The summed E-state index contributed by atoms with van der Waals surface area (Å²) >= 11 is 0. The second-order valence-electron chi connectivity index (χ2n) is 6.64. The highest BCUT2D eigenvalue weighted by atomic mass is 16.5. The number of aryl methyl sites for hydroxylation is 1. The average Bonchev–Trinajstić information content (AvgIpc) is 2.71. The molecule has 0 spiro atoms. The molecule has 0 bridgehead atoms. The van der Waals surface area contributed by atoms with Crippen LogP contribution in [0.5, 0.6) is 5.75 Å². The third-order valence-electron chi connectivity index (χ3n) is 4.65. The molecule has 1 aromatic heterocycles. The molecule has 4 rings (SSSR count). The second kappa shape index (κ2) is 7.27. The van der Waals surface area contributed by atoms with Crippen molar-refractivity contribution in [1.82, 2.24) is 0 Å². The number of amides is 2. The number of benzene rings is 2. The van der Waals surface area contributed by atoms with E-state index in [0.29, 0.717) is 34.6 Å². The summed E-state index contributed by atoms with van der Waals surface area (Å²) in [5, 5.41) is 3.13. The topological polar surface area (TPSA) is 88.9 Å². The van der Waals surface area contributed by atoms with Crippen LogP contribution < -0.4 is 20.4 Å². The fourth-order valence-electron chi connectivity index (χ4n) is 3.23. The van der Waals surface area contributed by atoms with Gasteiger partial charge in [0.25, 0.3) is 11.8 Å². The van der Waals surface area contributed by atoms with E-state index in [1.54, 1.807) is 36.4 Å². The number of para-hydroxylation sites is 1. The number of carbonyl (C=O) groups excluding carboxylic acids is 2. The SMILES string of the molecule is C=CCN1C(=O)COc2ccc(NC(=O)c3cc(=O)c4cccc(C)c4o3)cc21. The van der Waals surface area contributed by atoms with Gasteiger partial charge in [-0.3, -0.25) is 14.4 Å². The van der Waals surface area contributed by atoms with Crippen molar-refractivity contribution >= 4 is 34.2 Å². The summed E-state index contributed by atoms with van der Waals surface area (Å²) in [6.07, 6.45) is 1.62. The van der Waals surface area contributed by atoms with Gasteiger partial charge in [-0.15, -0.1) is 6.58 Å².